The molecule has 1 aliphatic carbocycles. The van der Waals surface area contributed by atoms with Crippen LogP contribution in [0.5, 0.6) is 0 Å². The molecule has 1 saturated carbocycles. The highest BCUT2D eigenvalue weighted by Crippen LogP contribution is 2.23. The number of nitrogens with zero attached hydrogens (tertiary/aromatic N) is 1. The lowest BCUT2D eigenvalue weighted by molar-refractivity contribution is -0.141. The normalized spacial score (nSPS) is 22.6. The minimum atomic E-state index is -0.232. The highest BCUT2D eigenvalue weighted by Gasteiger charge is 2.23. The largest absolute Gasteiger partial charge is 0.469 e. The lowest BCUT2D eigenvalue weighted by Gasteiger charge is -2.30. The Bertz CT molecular complexity index is 320. The van der Waals surface area contributed by atoms with Crippen molar-refractivity contribution in [2.45, 2.75) is 52.0 Å². The summed E-state index contributed by atoms with van der Waals surface area (Å²) in [7, 11) is 1.38. The highest BCUT2D eigenvalue weighted by atomic mass is 16.5. The number of hydrogen-bond acceptors (Lipinski definition) is 4. The van der Waals surface area contributed by atoms with Crippen molar-refractivity contribution in [2.24, 2.45) is 5.92 Å². The van der Waals surface area contributed by atoms with E-state index in [1.807, 2.05) is 11.8 Å². The molecule has 5 nitrogen and oxygen atoms in total. The zero-order valence-electron chi connectivity index (χ0n) is 13.0. The molecule has 0 bridgehead atoms. The predicted octanol–water partition coefficient (Wildman–Crippen LogP) is 1.57. The van der Waals surface area contributed by atoms with Crippen LogP contribution in [-0.2, 0) is 14.3 Å². The maximum atomic E-state index is 12.1. The van der Waals surface area contributed by atoms with Crippen LogP contribution in [0.4, 0.5) is 0 Å². The molecular formula is C15H28N2O3. The number of carbonyl (C=O) groups excluding carboxylic acids is 2. The van der Waals surface area contributed by atoms with Crippen molar-refractivity contribution in [3.63, 3.8) is 0 Å². The van der Waals surface area contributed by atoms with Gasteiger partial charge in [0, 0.05) is 12.6 Å². The number of carbonyl (C=O) groups is 2. The molecule has 0 saturated heterocycles. The summed E-state index contributed by atoms with van der Waals surface area (Å²) in [4.78, 5) is 25.2. The van der Waals surface area contributed by atoms with Gasteiger partial charge in [0.1, 0.15) is 0 Å². The summed E-state index contributed by atoms with van der Waals surface area (Å²) in [6.07, 6.45) is 5.09. The predicted molar refractivity (Wildman–Crippen MR) is 78.3 cm³/mol. The van der Waals surface area contributed by atoms with Gasteiger partial charge in [-0.25, -0.2) is 0 Å². The number of nitrogens with one attached hydrogen (secondary N) is 1. The summed E-state index contributed by atoms with van der Waals surface area (Å²) in [6.45, 7) is 5.88. The van der Waals surface area contributed by atoms with Crippen LogP contribution < -0.4 is 5.32 Å². The Morgan fingerprint density at radius 1 is 1.30 bits per heavy atom. The lowest BCUT2D eigenvalue weighted by atomic mass is 9.86. The SMILES string of the molecule is CCN(CCC(=O)OC)CC(=O)NC1CCCCC1C. The van der Waals surface area contributed by atoms with Gasteiger partial charge in [-0.05, 0) is 25.3 Å². The van der Waals surface area contributed by atoms with E-state index in [4.69, 9.17) is 0 Å². The van der Waals surface area contributed by atoms with Gasteiger partial charge in [-0.1, -0.05) is 26.7 Å². The minimum Gasteiger partial charge on any atom is -0.469 e. The summed E-state index contributed by atoms with van der Waals surface area (Å²) in [5.74, 6) is 0.401. The van der Waals surface area contributed by atoms with E-state index < -0.39 is 0 Å². The van der Waals surface area contributed by atoms with E-state index in [9.17, 15) is 9.59 Å². The van der Waals surface area contributed by atoms with E-state index >= 15 is 0 Å². The molecule has 0 radical (unpaired) electrons. The fourth-order valence-electron chi connectivity index (χ4n) is 2.69. The highest BCUT2D eigenvalue weighted by molar-refractivity contribution is 5.78. The number of hydrogen-bond donors (Lipinski definition) is 1. The van der Waals surface area contributed by atoms with Gasteiger partial charge in [0.15, 0.2) is 0 Å². The van der Waals surface area contributed by atoms with Gasteiger partial charge in [-0.2, -0.15) is 0 Å². The van der Waals surface area contributed by atoms with E-state index in [-0.39, 0.29) is 11.9 Å². The van der Waals surface area contributed by atoms with Crippen molar-refractivity contribution in [1.82, 2.24) is 10.2 Å². The second kappa shape index (κ2) is 8.95. The standard InChI is InChI=1S/C15H28N2O3/c1-4-17(10-9-15(19)20-3)11-14(18)16-13-8-6-5-7-12(13)2/h12-13H,4-11H2,1-3H3,(H,16,18). The fraction of sp³-hybridized carbons (Fsp3) is 0.867. The molecule has 0 aromatic rings. The Hall–Kier alpha value is -1.10. The molecule has 1 N–H and O–H groups in total. The first-order valence-corrected chi connectivity index (χ1v) is 7.65. The molecule has 0 spiro atoms. The molecule has 116 valence electrons. The topological polar surface area (TPSA) is 58.6 Å². The quantitative estimate of drug-likeness (QED) is 0.721. The van der Waals surface area contributed by atoms with Gasteiger partial charge in [0.2, 0.25) is 5.91 Å². The molecule has 0 aliphatic heterocycles. The van der Waals surface area contributed by atoms with E-state index in [0.717, 1.165) is 13.0 Å². The molecule has 2 unspecified atom stereocenters. The van der Waals surface area contributed by atoms with E-state index in [1.165, 1.54) is 26.4 Å². The molecule has 1 rings (SSSR count). The molecule has 0 aromatic heterocycles. The van der Waals surface area contributed by atoms with Crippen molar-refractivity contribution in [2.75, 3.05) is 26.7 Å². The van der Waals surface area contributed by atoms with Crippen LogP contribution in [-0.4, -0.2) is 49.6 Å². The molecular weight excluding hydrogens is 256 g/mol. The van der Waals surface area contributed by atoms with E-state index in [1.54, 1.807) is 0 Å². The maximum absolute atomic E-state index is 12.1. The zero-order chi connectivity index (χ0) is 15.0. The summed E-state index contributed by atoms with van der Waals surface area (Å²) < 4.78 is 4.62. The Kier molecular flexibility index (Phi) is 7.59. The first-order valence-electron chi connectivity index (χ1n) is 7.65. The molecule has 20 heavy (non-hydrogen) atoms. The molecule has 2 atom stereocenters. The number of methoxy groups -OCH3 is 1. The number of ether oxygens (including phenoxy) is 1. The summed E-state index contributed by atoms with van der Waals surface area (Å²) in [5, 5.41) is 3.14. The Labute approximate surface area is 122 Å². The van der Waals surface area contributed by atoms with Crippen molar-refractivity contribution in [3.05, 3.63) is 0 Å². The van der Waals surface area contributed by atoms with Gasteiger partial charge in [-0.15, -0.1) is 0 Å². The summed E-state index contributed by atoms with van der Waals surface area (Å²) in [6, 6.07) is 0.315. The fourth-order valence-corrected chi connectivity index (χ4v) is 2.69. The minimum absolute atomic E-state index is 0.0652. The van der Waals surface area contributed by atoms with Crippen molar-refractivity contribution < 1.29 is 14.3 Å². The average Bonchev–Trinajstić information content (AvgIpc) is 2.45. The summed E-state index contributed by atoms with van der Waals surface area (Å²) >= 11 is 0. The van der Waals surface area contributed by atoms with Crippen molar-refractivity contribution >= 4 is 11.9 Å². The van der Waals surface area contributed by atoms with Crippen molar-refractivity contribution in [3.8, 4) is 0 Å². The number of likely N-dealkylation sites (N-methyl/N-ethyl adjacent to an activating group) is 1. The molecule has 1 aliphatic rings. The van der Waals surface area contributed by atoms with Crippen LogP contribution >= 0.6 is 0 Å². The van der Waals surface area contributed by atoms with Crippen LogP contribution in [0, 0.1) is 5.92 Å². The third-order valence-electron chi connectivity index (χ3n) is 4.13. The van der Waals surface area contributed by atoms with Crippen LogP contribution in [0.1, 0.15) is 46.0 Å². The van der Waals surface area contributed by atoms with E-state index in [2.05, 4.69) is 17.0 Å². The first kappa shape index (κ1) is 17.0. The molecule has 0 aromatic carbocycles. The van der Waals surface area contributed by atoms with Crippen LogP contribution in [0.2, 0.25) is 0 Å². The first-order chi connectivity index (χ1) is 9.56. The number of rotatable bonds is 7. The second-order valence-electron chi connectivity index (χ2n) is 5.63. The number of amides is 1. The maximum Gasteiger partial charge on any atom is 0.306 e. The molecule has 5 heteroatoms. The number of esters is 1. The van der Waals surface area contributed by atoms with Crippen LogP contribution in [0.25, 0.3) is 0 Å². The monoisotopic (exact) mass is 284 g/mol. The molecule has 1 fully saturated rings. The third-order valence-corrected chi connectivity index (χ3v) is 4.13. The zero-order valence-corrected chi connectivity index (χ0v) is 13.0. The van der Waals surface area contributed by atoms with Gasteiger partial charge >= 0.3 is 5.97 Å². The smallest absolute Gasteiger partial charge is 0.306 e. The Balaban J connectivity index is 2.32. The summed E-state index contributed by atoms with van der Waals surface area (Å²) in [5.41, 5.74) is 0. The third kappa shape index (κ3) is 5.90. The Morgan fingerprint density at radius 2 is 2.00 bits per heavy atom. The lowest BCUT2D eigenvalue weighted by Crippen LogP contribution is -2.46. The Morgan fingerprint density at radius 3 is 2.60 bits per heavy atom. The molecule has 0 heterocycles. The van der Waals surface area contributed by atoms with Crippen LogP contribution in [0.3, 0.4) is 0 Å². The van der Waals surface area contributed by atoms with Crippen molar-refractivity contribution in [1.29, 1.82) is 0 Å². The van der Waals surface area contributed by atoms with Gasteiger partial charge in [-0.3, -0.25) is 14.5 Å². The average molecular weight is 284 g/mol. The van der Waals surface area contributed by atoms with Gasteiger partial charge in [0.05, 0.1) is 20.1 Å². The second-order valence-corrected chi connectivity index (χ2v) is 5.63. The van der Waals surface area contributed by atoms with Crippen LogP contribution in [0.15, 0.2) is 0 Å². The van der Waals surface area contributed by atoms with Gasteiger partial charge < -0.3 is 10.1 Å². The molecule has 1 amide bonds. The van der Waals surface area contributed by atoms with Gasteiger partial charge in [0.25, 0.3) is 0 Å². The van der Waals surface area contributed by atoms with E-state index in [0.29, 0.717) is 31.5 Å².